The standard InChI is InChI=1S/C26H32N4O3/c1-27-23-17-19(10-11-22(23)26(32)30-12-5-3-4-9-24(27)30)25(31)29-15-13-28(14-16-29)20-7-6-8-21(18-20)33-2/h6-8,10-11,17-18,24H,3-5,9,12-16H2,1-2H3/t24-/m1/s1. The van der Waals surface area contributed by atoms with E-state index in [1.54, 1.807) is 7.11 Å². The summed E-state index contributed by atoms with van der Waals surface area (Å²) < 4.78 is 5.34. The first-order valence-electron chi connectivity index (χ1n) is 11.9. The first-order chi connectivity index (χ1) is 16.1. The molecule has 2 saturated heterocycles. The van der Waals surface area contributed by atoms with Crippen LogP contribution in [0.1, 0.15) is 46.4 Å². The largest absolute Gasteiger partial charge is 0.497 e. The van der Waals surface area contributed by atoms with Gasteiger partial charge in [0.25, 0.3) is 11.8 Å². The summed E-state index contributed by atoms with van der Waals surface area (Å²) in [5.74, 6) is 0.971. The molecule has 0 aromatic heterocycles. The lowest BCUT2D eigenvalue weighted by Crippen LogP contribution is -2.53. The van der Waals surface area contributed by atoms with E-state index in [2.05, 4.69) is 22.9 Å². The van der Waals surface area contributed by atoms with Crippen LogP contribution in [-0.4, -0.2) is 74.7 Å². The number of benzene rings is 2. The molecular weight excluding hydrogens is 416 g/mol. The monoisotopic (exact) mass is 448 g/mol. The van der Waals surface area contributed by atoms with E-state index in [1.165, 1.54) is 0 Å². The van der Waals surface area contributed by atoms with Crippen molar-refractivity contribution in [1.82, 2.24) is 9.80 Å². The highest BCUT2D eigenvalue weighted by atomic mass is 16.5. The molecule has 7 heteroatoms. The second-order valence-corrected chi connectivity index (χ2v) is 9.15. The first kappa shape index (κ1) is 21.6. The molecule has 0 saturated carbocycles. The van der Waals surface area contributed by atoms with Crippen molar-refractivity contribution in [1.29, 1.82) is 0 Å². The Labute approximate surface area is 195 Å². The molecule has 5 rings (SSSR count). The number of piperazine rings is 1. The molecule has 0 unspecified atom stereocenters. The number of nitrogens with zero attached hydrogens (tertiary/aromatic N) is 4. The summed E-state index contributed by atoms with van der Waals surface area (Å²) in [4.78, 5) is 34.9. The normalized spacial score (nSPS) is 20.8. The molecule has 3 aliphatic rings. The van der Waals surface area contributed by atoms with Gasteiger partial charge >= 0.3 is 0 Å². The third-order valence-electron chi connectivity index (χ3n) is 7.27. The van der Waals surface area contributed by atoms with Gasteiger partial charge in [-0.3, -0.25) is 9.59 Å². The molecule has 0 aliphatic carbocycles. The van der Waals surface area contributed by atoms with Crippen LogP contribution in [0.2, 0.25) is 0 Å². The van der Waals surface area contributed by atoms with Crippen molar-refractivity contribution >= 4 is 23.2 Å². The molecule has 174 valence electrons. The van der Waals surface area contributed by atoms with Crippen molar-refractivity contribution in [3.05, 3.63) is 53.6 Å². The quantitative estimate of drug-likeness (QED) is 0.720. The molecular formula is C26H32N4O3. The van der Waals surface area contributed by atoms with Crippen LogP contribution in [0.15, 0.2) is 42.5 Å². The lowest BCUT2D eigenvalue weighted by Gasteiger charge is -2.43. The fourth-order valence-electron chi connectivity index (χ4n) is 5.34. The van der Waals surface area contributed by atoms with Gasteiger partial charge in [-0.25, -0.2) is 0 Å². The molecule has 0 bridgehead atoms. The second-order valence-electron chi connectivity index (χ2n) is 9.15. The number of fused-ring (bicyclic) bond motifs is 2. The molecule has 1 atom stereocenters. The number of hydrogen-bond donors (Lipinski definition) is 0. The van der Waals surface area contributed by atoms with Crippen molar-refractivity contribution in [2.24, 2.45) is 0 Å². The highest BCUT2D eigenvalue weighted by Gasteiger charge is 2.37. The SMILES string of the molecule is COc1cccc(N2CCN(C(=O)c3ccc4c(c3)N(C)[C@H]3CCCCCN3C4=O)CC2)c1. The smallest absolute Gasteiger partial charge is 0.257 e. The maximum atomic E-state index is 13.3. The van der Waals surface area contributed by atoms with Crippen molar-refractivity contribution in [2.45, 2.75) is 31.8 Å². The molecule has 3 aliphatic heterocycles. The number of amides is 2. The molecule has 2 aromatic carbocycles. The number of rotatable bonds is 3. The number of hydrogen-bond acceptors (Lipinski definition) is 5. The van der Waals surface area contributed by atoms with Crippen LogP contribution in [-0.2, 0) is 0 Å². The molecule has 2 fully saturated rings. The van der Waals surface area contributed by atoms with Crippen molar-refractivity contribution in [3.8, 4) is 5.75 Å². The van der Waals surface area contributed by atoms with Gasteiger partial charge < -0.3 is 24.3 Å². The van der Waals surface area contributed by atoms with Gasteiger partial charge in [0.2, 0.25) is 0 Å². The predicted octanol–water partition coefficient (Wildman–Crippen LogP) is 3.45. The summed E-state index contributed by atoms with van der Waals surface area (Å²) in [7, 11) is 3.72. The zero-order chi connectivity index (χ0) is 22.9. The summed E-state index contributed by atoms with van der Waals surface area (Å²) in [6.45, 7) is 3.70. The van der Waals surface area contributed by atoms with E-state index in [-0.39, 0.29) is 18.0 Å². The number of carbonyl (C=O) groups excluding carboxylic acids is 2. The van der Waals surface area contributed by atoms with Gasteiger partial charge in [-0.15, -0.1) is 0 Å². The van der Waals surface area contributed by atoms with E-state index in [9.17, 15) is 9.59 Å². The van der Waals surface area contributed by atoms with Gasteiger partial charge in [0.1, 0.15) is 11.9 Å². The minimum Gasteiger partial charge on any atom is -0.497 e. The summed E-state index contributed by atoms with van der Waals surface area (Å²) in [6, 6.07) is 13.6. The zero-order valence-electron chi connectivity index (χ0n) is 19.5. The van der Waals surface area contributed by atoms with Crippen LogP contribution < -0.4 is 14.5 Å². The Morgan fingerprint density at radius 3 is 2.58 bits per heavy atom. The van der Waals surface area contributed by atoms with E-state index in [1.807, 2.05) is 46.2 Å². The number of carbonyl (C=O) groups is 2. The van der Waals surface area contributed by atoms with Gasteiger partial charge in [-0.2, -0.15) is 0 Å². The Morgan fingerprint density at radius 2 is 1.79 bits per heavy atom. The lowest BCUT2D eigenvalue weighted by atomic mass is 10.0. The minimum absolute atomic E-state index is 0.0345. The summed E-state index contributed by atoms with van der Waals surface area (Å²) in [6.07, 6.45) is 4.42. The lowest BCUT2D eigenvalue weighted by molar-refractivity contribution is 0.0659. The Balaban J connectivity index is 1.31. The topological polar surface area (TPSA) is 56.3 Å². The predicted molar refractivity (Wildman–Crippen MR) is 129 cm³/mol. The second kappa shape index (κ2) is 8.96. The number of ether oxygens (including phenoxy) is 1. The maximum Gasteiger partial charge on any atom is 0.257 e. The van der Waals surface area contributed by atoms with Crippen LogP contribution in [0.5, 0.6) is 5.75 Å². The maximum absolute atomic E-state index is 13.3. The highest BCUT2D eigenvalue weighted by molar-refractivity contribution is 6.04. The van der Waals surface area contributed by atoms with Crippen LogP contribution in [0.25, 0.3) is 0 Å². The van der Waals surface area contributed by atoms with Crippen molar-refractivity contribution in [3.63, 3.8) is 0 Å². The molecule has 33 heavy (non-hydrogen) atoms. The Morgan fingerprint density at radius 1 is 0.970 bits per heavy atom. The average molecular weight is 449 g/mol. The average Bonchev–Trinajstić information content (AvgIpc) is 3.13. The van der Waals surface area contributed by atoms with Gasteiger partial charge in [0.05, 0.1) is 18.4 Å². The Bertz CT molecular complexity index is 1050. The molecule has 2 aromatic rings. The Hall–Kier alpha value is -3.22. The third kappa shape index (κ3) is 4.01. The van der Waals surface area contributed by atoms with Crippen molar-refractivity contribution in [2.75, 3.05) is 56.7 Å². The van der Waals surface area contributed by atoms with Gasteiger partial charge in [0.15, 0.2) is 0 Å². The van der Waals surface area contributed by atoms with E-state index in [4.69, 9.17) is 4.74 Å². The minimum atomic E-state index is 0.0345. The van der Waals surface area contributed by atoms with E-state index < -0.39 is 0 Å². The van der Waals surface area contributed by atoms with Gasteiger partial charge in [-0.1, -0.05) is 12.5 Å². The van der Waals surface area contributed by atoms with Crippen molar-refractivity contribution < 1.29 is 14.3 Å². The third-order valence-corrected chi connectivity index (χ3v) is 7.27. The summed E-state index contributed by atoms with van der Waals surface area (Å²) in [5, 5.41) is 0. The van der Waals surface area contributed by atoms with Crippen LogP contribution in [0.4, 0.5) is 11.4 Å². The van der Waals surface area contributed by atoms with E-state index >= 15 is 0 Å². The highest BCUT2D eigenvalue weighted by Crippen LogP contribution is 2.34. The molecule has 0 N–H and O–H groups in total. The zero-order valence-corrected chi connectivity index (χ0v) is 19.5. The fourth-order valence-corrected chi connectivity index (χ4v) is 5.34. The van der Waals surface area contributed by atoms with E-state index in [0.717, 1.165) is 62.4 Å². The molecule has 0 radical (unpaired) electrons. The van der Waals surface area contributed by atoms with Gasteiger partial charge in [-0.05, 0) is 49.6 Å². The van der Waals surface area contributed by atoms with Crippen LogP contribution in [0, 0.1) is 0 Å². The fraction of sp³-hybridized carbons (Fsp3) is 0.462. The van der Waals surface area contributed by atoms with E-state index in [0.29, 0.717) is 24.2 Å². The van der Waals surface area contributed by atoms with Gasteiger partial charge in [0, 0.05) is 57.1 Å². The number of methoxy groups -OCH3 is 1. The Kier molecular flexibility index (Phi) is 5.87. The molecule has 2 amide bonds. The molecule has 7 nitrogen and oxygen atoms in total. The summed E-state index contributed by atoms with van der Waals surface area (Å²) in [5.41, 5.74) is 3.35. The number of anilines is 2. The van der Waals surface area contributed by atoms with Crippen LogP contribution >= 0.6 is 0 Å². The first-order valence-corrected chi connectivity index (χ1v) is 11.9. The molecule has 3 heterocycles. The molecule has 0 spiro atoms. The summed E-state index contributed by atoms with van der Waals surface area (Å²) >= 11 is 0. The van der Waals surface area contributed by atoms with Crippen LogP contribution in [0.3, 0.4) is 0 Å².